The van der Waals surface area contributed by atoms with E-state index in [1.807, 2.05) is 6.07 Å². The van der Waals surface area contributed by atoms with Gasteiger partial charge >= 0.3 is 5.76 Å². The maximum atomic E-state index is 11.9. The molecule has 0 fully saturated rings. The number of aliphatic hydroxyl groups is 1. The van der Waals surface area contributed by atoms with Gasteiger partial charge in [-0.25, -0.2) is 9.36 Å². The molecule has 1 aromatic heterocycles. The predicted molar refractivity (Wildman–Crippen MR) is 75.4 cm³/mol. The van der Waals surface area contributed by atoms with E-state index in [2.05, 4.69) is 0 Å². The van der Waals surface area contributed by atoms with E-state index >= 15 is 0 Å². The van der Waals surface area contributed by atoms with E-state index in [1.165, 1.54) is 7.11 Å². The van der Waals surface area contributed by atoms with E-state index in [-0.39, 0.29) is 0 Å². The lowest BCUT2D eigenvalue weighted by molar-refractivity contribution is -0.0804. The Kier molecular flexibility index (Phi) is 3.37. The van der Waals surface area contributed by atoms with Gasteiger partial charge in [-0.3, -0.25) is 0 Å². The Balaban J connectivity index is 1.99. The number of rotatable bonds is 4. The van der Waals surface area contributed by atoms with Gasteiger partial charge in [-0.05, 0) is 24.3 Å². The fraction of sp³-hybridized carbons (Fsp3) is 0.133. The van der Waals surface area contributed by atoms with Crippen molar-refractivity contribution in [3.05, 3.63) is 59.1 Å². The Morgan fingerprint density at radius 1 is 1.14 bits per heavy atom. The van der Waals surface area contributed by atoms with Crippen LogP contribution in [0.1, 0.15) is 6.41 Å². The molecule has 6 nitrogen and oxygen atoms in total. The Hall–Kier alpha value is -2.73. The van der Waals surface area contributed by atoms with Crippen molar-refractivity contribution >= 4 is 11.1 Å². The fourth-order valence-electron chi connectivity index (χ4n) is 2.03. The van der Waals surface area contributed by atoms with Crippen LogP contribution in [0.5, 0.6) is 11.5 Å². The molecule has 0 amide bonds. The van der Waals surface area contributed by atoms with Crippen molar-refractivity contribution in [1.29, 1.82) is 0 Å². The number of para-hydroxylation sites is 1. The van der Waals surface area contributed by atoms with Crippen LogP contribution in [0.15, 0.2) is 57.7 Å². The zero-order chi connectivity index (χ0) is 14.8. The number of benzene rings is 2. The van der Waals surface area contributed by atoms with Gasteiger partial charge in [0.2, 0.25) is 0 Å². The van der Waals surface area contributed by atoms with Crippen molar-refractivity contribution in [2.75, 3.05) is 7.11 Å². The number of fused-ring (bicyclic) bond motifs is 1. The van der Waals surface area contributed by atoms with Crippen molar-refractivity contribution in [3.63, 3.8) is 0 Å². The molecule has 1 unspecified atom stereocenters. The normalized spacial score (nSPS) is 12.3. The summed E-state index contributed by atoms with van der Waals surface area (Å²) in [6.07, 6.45) is -1.48. The highest BCUT2D eigenvalue weighted by atomic mass is 16.6. The second-order valence-electron chi connectivity index (χ2n) is 4.33. The van der Waals surface area contributed by atoms with Crippen molar-refractivity contribution in [1.82, 2.24) is 4.57 Å². The zero-order valence-electron chi connectivity index (χ0n) is 11.2. The number of ether oxygens (including phenoxy) is 2. The molecular weight excluding hydrogens is 274 g/mol. The van der Waals surface area contributed by atoms with Crippen LogP contribution in [0.3, 0.4) is 0 Å². The van der Waals surface area contributed by atoms with Gasteiger partial charge in [-0.2, -0.15) is 0 Å². The van der Waals surface area contributed by atoms with Crippen molar-refractivity contribution in [3.8, 4) is 11.5 Å². The third-order valence-corrected chi connectivity index (χ3v) is 3.03. The number of methoxy groups -OCH3 is 1. The molecule has 0 spiro atoms. The summed E-state index contributed by atoms with van der Waals surface area (Å²) in [7, 11) is 1.52. The van der Waals surface area contributed by atoms with Crippen LogP contribution in [-0.4, -0.2) is 16.8 Å². The minimum absolute atomic E-state index is 0.315. The Labute approximate surface area is 119 Å². The summed E-state index contributed by atoms with van der Waals surface area (Å²) in [5.41, 5.74) is 0.735. The number of nitrogens with zero attached hydrogens (tertiary/aromatic N) is 1. The zero-order valence-corrected chi connectivity index (χ0v) is 11.2. The van der Waals surface area contributed by atoms with Gasteiger partial charge in [-0.15, -0.1) is 0 Å². The summed E-state index contributed by atoms with van der Waals surface area (Å²) in [6.45, 7) is 0. The molecule has 108 valence electrons. The molecule has 0 saturated heterocycles. The Morgan fingerprint density at radius 2 is 1.90 bits per heavy atom. The van der Waals surface area contributed by atoms with Gasteiger partial charge < -0.3 is 19.0 Å². The van der Waals surface area contributed by atoms with Crippen molar-refractivity contribution in [2.45, 2.75) is 6.41 Å². The third-order valence-electron chi connectivity index (χ3n) is 3.03. The van der Waals surface area contributed by atoms with E-state index in [1.54, 1.807) is 42.5 Å². The van der Waals surface area contributed by atoms with Gasteiger partial charge in [0.15, 0.2) is 5.58 Å². The minimum atomic E-state index is -1.48. The van der Waals surface area contributed by atoms with E-state index in [0.717, 1.165) is 4.57 Å². The molecule has 2 aromatic carbocycles. The molecule has 0 bridgehead atoms. The van der Waals surface area contributed by atoms with E-state index in [9.17, 15) is 9.90 Å². The number of oxazole rings is 1. The number of hydrogen-bond acceptors (Lipinski definition) is 5. The third kappa shape index (κ3) is 2.48. The summed E-state index contributed by atoms with van der Waals surface area (Å²) in [4.78, 5) is 11.9. The molecule has 21 heavy (non-hydrogen) atoms. The maximum absolute atomic E-state index is 11.9. The Bertz CT molecular complexity index is 806. The van der Waals surface area contributed by atoms with Gasteiger partial charge in [0, 0.05) is 6.07 Å². The van der Waals surface area contributed by atoms with Crippen LogP contribution in [0.2, 0.25) is 0 Å². The van der Waals surface area contributed by atoms with Gasteiger partial charge in [0.05, 0.1) is 12.6 Å². The van der Waals surface area contributed by atoms with E-state index in [4.69, 9.17) is 13.9 Å². The summed E-state index contributed by atoms with van der Waals surface area (Å²) in [5, 5.41) is 10.1. The van der Waals surface area contributed by atoms with Gasteiger partial charge in [0.25, 0.3) is 6.41 Å². The second-order valence-corrected chi connectivity index (χ2v) is 4.33. The number of aromatic nitrogens is 1. The van der Waals surface area contributed by atoms with Gasteiger partial charge in [0.1, 0.15) is 11.5 Å². The van der Waals surface area contributed by atoms with Crippen molar-refractivity contribution < 1.29 is 19.0 Å². The minimum Gasteiger partial charge on any atom is -0.497 e. The van der Waals surface area contributed by atoms with Crippen LogP contribution < -0.4 is 15.2 Å². The van der Waals surface area contributed by atoms with Gasteiger partial charge in [-0.1, -0.05) is 18.2 Å². The molecule has 0 aliphatic heterocycles. The highest BCUT2D eigenvalue weighted by Gasteiger charge is 2.18. The first-order valence-corrected chi connectivity index (χ1v) is 6.28. The summed E-state index contributed by atoms with van der Waals surface area (Å²) in [6, 6.07) is 13.6. The first-order chi connectivity index (χ1) is 10.2. The molecule has 3 aromatic rings. The fourth-order valence-corrected chi connectivity index (χ4v) is 2.03. The topological polar surface area (TPSA) is 73.8 Å². The summed E-state index contributed by atoms with van der Waals surface area (Å²) in [5.74, 6) is 0.295. The quantitative estimate of drug-likeness (QED) is 0.744. The molecule has 3 rings (SSSR count). The first kappa shape index (κ1) is 13.3. The van der Waals surface area contributed by atoms with Crippen LogP contribution >= 0.6 is 0 Å². The average molecular weight is 287 g/mol. The van der Waals surface area contributed by atoms with E-state index in [0.29, 0.717) is 22.6 Å². The van der Waals surface area contributed by atoms with Crippen LogP contribution in [0, 0.1) is 0 Å². The molecule has 1 atom stereocenters. The average Bonchev–Trinajstić information content (AvgIpc) is 2.83. The molecular formula is C15H13NO5. The lowest BCUT2D eigenvalue weighted by Crippen LogP contribution is -2.24. The largest absolute Gasteiger partial charge is 0.497 e. The molecule has 0 aliphatic rings. The number of hydrogen-bond donors (Lipinski definition) is 1. The van der Waals surface area contributed by atoms with Crippen LogP contribution in [-0.2, 0) is 0 Å². The summed E-state index contributed by atoms with van der Waals surface area (Å²) < 4.78 is 16.5. The SMILES string of the molecule is COc1ccc2c(c1)oc(=O)n2C(O)Oc1ccccc1. The maximum Gasteiger partial charge on any atom is 0.424 e. The molecule has 0 saturated carbocycles. The van der Waals surface area contributed by atoms with Crippen LogP contribution in [0.25, 0.3) is 11.1 Å². The molecule has 0 radical (unpaired) electrons. The van der Waals surface area contributed by atoms with Crippen LogP contribution in [0.4, 0.5) is 0 Å². The predicted octanol–water partition coefficient (Wildman–Crippen LogP) is 2.13. The number of aliphatic hydroxyl groups excluding tert-OH is 1. The van der Waals surface area contributed by atoms with Crippen molar-refractivity contribution in [2.24, 2.45) is 0 Å². The Morgan fingerprint density at radius 3 is 2.62 bits per heavy atom. The molecule has 1 N–H and O–H groups in total. The highest BCUT2D eigenvalue weighted by molar-refractivity contribution is 5.74. The standard InChI is InChI=1S/C15H13NO5/c1-19-11-7-8-12-13(9-11)21-15(18)16(12)14(17)20-10-5-3-2-4-6-10/h2-9,14,17H,1H3. The lowest BCUT2D eigenvalue weighted by atomic mass is 10.3. The summed E-state index contributed by atoms with van der Waals surface area (Å²) >= 11 is 0. The molecule has 6 heteroatoms. The monoisotopic (exact) mass is 287 g/mol. The molecule has 0 aliphatic carbocycles. The smallest absolute Gasteiger partial charge is 0.424 e. The molecule has 1 heterocycles. The lowest BCUT2D eigenvalue weighted by Gasteiger charge is -2.13. The van der Waals surface area contributed by atoms with E-state index < -0.39 is 12.2 Å². The first-order valence-electron chi connectivity index (χ1n) is 6.28. The highest BCUT2D eigenvalue weighted by Crippen LogP contribution is 2.23. The second kappa shape index (κ2) is 5.34.